The van der Waals surface area contributed by atoms with Gasteiger partial charge in [0, 0.05) is 38.3 Å². The monoisotopic (exact) mass is 421 g/mol. The Kier molecular flexibility index (Phi) is 5.72. The zero-order valence-corrected chi connectivity index (χ0v) is 18.2. The number of ether oxygens (including phenoxy) is 1. The molecule has 0 atom stereocenters. The van der Waals surface area contributed by atoms with E-state index in [-0.39, 0.29) is 11.4 Å². The summed E-state index contributed by atoms with van der Waals surface area (Å²) >= 11 is 0. The first-order valence-corrected chi connectivity index (χ1v) is 11.9. The smallest absolute Gasteiger partial charge is 0.243 e. The van der Waals surface area contributed by atoms with E-state index in [9.17, 15) is 13.2 Å². The van der Waals surface area contributed by atoms with Gasteiger partial charge in [-0.25, -0.2) is 8.42 Å². The van der Waals surface area contributed by atoms with E-state index in [1.54, 1.807) is 11.0 Å². The zero-order chi connectivity index (χ0) is 20.6. The molecule has 2 saturated heterocycles. The molecule has 7 nitrogen and oxygen atoms in total. The Morgan fingerprint density at radius 2 is 1.79 bits per heavy atom. The van der Waals surface area contributed by atoms with Crippen molar-refractivity contribution in [1.82, 2.24) is 14.1 Å². The molecule has 1 aliphatic carbocycles. The Bertz CT molecular complexity index is 876. The van der Waals surface area contributed by atoms with Crippen LogP contribution in [0.1, 0.15) is 31.4 Å². The number of piperazine rings is 1. The first-order valence-electron chi connectivity index (χ1n) is 10.5. The maximum absolute atomic E-state index is 13.1. The number of carbonyl (C=O) groups excluding carboxylic acids is 1. The molecule has 1 aromatic carbocycles. The van der Waals surface area contributed by atoms with Gasteiger partial charge in [-0.15, -0.1) is 0 Å². The molecule has 2 aliphatic heterocycles. The van der Waals surface area contributed by atoms with Gasteiger partial charge in [0.2, 0.25) is 15.9 Å². The molecule has 0 radical (unpaired) electrons. The Hall–Kier alpha value is -1.48. The lowest BCUT2D eigenvalue weighted by atomic mass is 10.0. The van der Waals surface area contributed by atoms with Crippen molar-refractivity contribution in [3.05, 3.63) is 29.3 Å². The highest BCUT2D eigenvalue weighted by Crippen LogP contribution is 2.27. The summed E-state index contributed by atoms with van der Waals surface area (Å²) in [4.78, 5) is 17.1. The number of hydrogen-bond donors (Lipinski definition) is 0. The molecule has 0 N–H and O–H groups in total. The van der Waals surface area contributed by atoms with E-state index in [0.29, 0.717) is 50.8 Å². The number of benzene rings is 1. The highest BCUT2D eigenvalue weighted by atomic mass is 32.2. The van der Waals surface area contributed by atoms with Crippen molar-refractivity contribution in [3.8, 4) is 0 Å². The van der Waals surface area contributed by atoms with Crippen molar-refractivity contribution in [2.45, 2.75) is 43.5 Å². The van der Waals surface area contributed by atoms with E-state index in [1.165, 1.54) is 9.87 Å². The average molecular weight is 422 g/mol. The predicted octanol–water partition coefficient (Wildman–Crippen LogP) is 1.12. The molecule has 29 heavy (non-hydrogen) atoms. The minimum atomic E-state index is -3.51. The Morgan fingerprint density at radius 3 is 2.52 bits per heavy atom. The summed E-state index contributed by atoms with van der Waals surface area (Å²) < 4.78 is 33.2. The number of hydrogen-bond acceptors (Lipinski definition) is 5. The maximum Gasteiger partial charge on any atom is 0.243 e. The summed E-state index contributed by atoms with van der Waals surface area (Å²) in [7, 11) is -3.51. The normalized spacial score (nSPS) is 23.2. The highest BCUT2D eigenvalue weighted by molar-refractivity contribution is 7.89. The van der Waals surface area contributed by atoms with Crippen molar-refractivity contribution in [2.24, 2.45) is 0 Å². The summed E-state index contributed by atoms with van der Waals surface area (Å²) in [6.07, 6.45) is 3.09. The van der Waals surface area contributed by atoms with Gasteiger partial charge in [0.15, 0.2) is 0 Å². The predicted molar refractivity (Wildman–Crippen MR) is 110 cm³/mol. The van der Waals surface area contributed by atoms with Crippen LogP contribution in [0, 0.1) is 0 Å². The lowest BCUT2D eigenvalue weighted by Gasteiger charge is -2.43. The lowest BCUT2D eigenvalue weighted by molar-refractivity contribution is -0.138. The number of aryl methyl sites for hydroxylation is 2. The largest absolute Gasteiger partial charge is 0.378 e. The van der Waals surface area contributed by atoms with Crippen LogP contribution in [0.15, 0.2) is 23.1 Å². The van der Waals surface area contributed by atoms with Gasteiger partial charge in [-0.3, -0.25) is 9.69 Å². The van der Waals surface area contributed by atoms with Crippen molar-refractivity contribution < 1.29 is 17.9 Å². The number of amides is 1. The van der Waals surface area contributed by atoms with Gasteiger partial charge in [0.05, 0.1) is 24.7 Å². The van der Waals surface area contributed by atoms with Crippen molar-refractivity contribution in [1.29, 1.82) is 0 Å². The molecule has 0 bridgehead atoms. The molecule has 2 fully saturated rings. The number of morpholine rings is 1. The fourth-order valence-corrected chi connectivity index (χ4v) is 5.96. The highest BCUT2D eigenvalue weighted by Gasteiger charge is 2.35. The topological polar surface area (TPSA) is 70.2 Å². The van der Waals surface area contributed by atoms with E-state index < -0.39 is 10.0 Å². The van der Waals surface area contributed by atoms with Gasteiger partial charge in [0.1, 0.15) is 0 Å². The van der Waals surface area contributed by atoms with Crippen molar-refractivity contribution in [3.63, 3.8) is 0 Å². The van der Waals surface area contributed by atoms with Crippen LogP contribution in [0.2, 0.25) is 0 Å². The summed E-state index contributed by atoms with van der Waals surface area (Å²) in [6.45, 7) is 8.09. The number of nitrogens with zero attached hydrogens (tertiary/aromatic N) is 3. The SMILES string of the molecule is CC1(C)COCCN1CC(=O)N1CCN(S(=O)(=O)c2ccc3c(c2)CCC3)CC1. The van der Waals surface area contributed by atoms with Crippen LogP contribution >= 0.6 is 0 Å². The Balaban J connectivity index is 1.37. The summed E-state index contributed by atoms with van der Waals surface area (Å²) in [5.74, 6) is 0.0644. The minimum Gasteiger partial charge on any atom is -0.378 e. The van der Waals surface area contributed by atoms with Crippen LogP contribution in [0.3, 0.4) is 0 Å². The third-order valence-corrected chi connectivity index (χ3v) is 8.34. The maximum atomic E-state index is 13.1. The average Bonchev–Trinajstić information content (AvgIpc) is 3.17. The molecule has 160 valence electrons. The van der Waals surface area contributed by atoms with E-state index in [0.717, 1.165) is 31.4 Å². The van der Waals surface area contributed by atoms with Gasteiger partial charge in [-0.1, -0.05) is 6.07 Å². The second-order valence-corrected chi connectivity index (χ2v) is 10.8. The molecular weight excluding hydrogens is 390 g/mol. The van der Waals surface area contributed by atoms with Crippen LogP contribution in [-0.2, 0) is 32.4 Å². The van der Waals surface area contributed by atoms with E-state index in [2.05, 4.69) is 18.7 Å². The number of carbonyl (C=O) groups is 1. The molecular formula is C21H31N3O4S. The van der Waals surface area contributed by atoms with Crippen molar-refractivity contribution >= 4 is 15.9 Å². The van der Waals surface area contributed by atoms with Gasteiger partial charge in [0.25, 0.3) is 0 Å². The van der Waals surface area contributed by atoms with Crippen LogP contribution < -0.4 is 0 Å². The third kappa shape index (κ3) is 4.21. The van der Waals surface area contributed by atoms with Crippen LogP contribution in [0.5, 0.6) is 0 Å². The zero-order valence-electron chi connectivity index (χ0n) is 17.4. The molecule has 1 aromatic rings. The van der Waals surface area contributed by atoms with Crippen LogP contribution in [0.4, 0.5) is 0 Å². The standard InChI is InChI=1S/C21H31N3O4S/c1-21(2)16-28-13-12-23(21)15-20(25)22-8-10-24(11-9-22)29(26,27)19-7-6-17-4-3-5-18(17)14-19/h6-7,14H,3-5,8-13,15-16H2,1-2H3. The fourth-order valence-electron chi connectivity index (χ4n) is 4.48. The van der Waals surface area contributed by atoms with Gasteiger partial charge in [-0.2, -0.15) is 4.31 Å². The quantitative estimate of drug-likeness (QED) is 0.729. The molecule has 1 amide bonds. The van der Waals surface area contributed by atoms with Gasteiger partial charge < -0.3 is 9.64 Å². The number of sulfonamides is 1. The van der Waals surface area contributed by atoms with Gasteiger partial charge >= 0.3 is 0 Å². The second-order valence-electron chi connectivity index (χ2n) is 8.86. The molecule has 3 aliphatic rings. The first kappa shape index (κ1) is 20.8. The van der Waals surface area contributed by atoms with Gasteiger partial charge in [-0.05, 0) is 56.4 Å². The molecule has 0 aromatic heterocycles. The molecule has 8 heteroatoms. The summed E-state index contributed by atoms with van der Waals surface area (Å²) in [5, 5.41) is 0. The van der Waals surface area contributed by atoms with E-state index in [4.69, 9.17) is 4.74 Å². The minimum absolute atomic E-state index is 0.0644. The molecule has 4 rings (SSSR count). The summed E-state index contributed by atoms with van der Waals surface area (Å²) in [5.41, 5.74) is 2.27. The van der Waals surface area contributed by atoms with Crippen LogP contribution in [-0.4, -0.2) is 86.5 Å². The van der Waals surface area contributed by atoms with Crippen molar-refractivity contribution in [2.75, 3.05) is 52.5 Å². The van der Waals surface area contributed by atoms with E-state index in [1.807, 2.05) is 12.1 Å². The Labute approximate surface area is 173 Å². The number of fused-ring (bicyclic) bond motifs is 1. The molecule has 2 heterocycles. The van der Waals surface area contributed by atoms with E-state index >= 15 is 0 Å². The Morgan fingerprint density at radius 1 is 1.07 bits per heavy atom. The third-order valence-electron chi connectivity index (χ3n) is 6.44. The molecule has 0 saturated carbocycles. The second kappa shape index (κ2) is 7.98. The number of rotatable bonds is 4. The lowest BCUT2D eigenvalue weighted by Crippen LogP contribution is -2.58. The molecule has 0 spiro atoms. The molecule has 0 unspecified atom stereocenters. The first-order chi connectivity index (χ1) is 13.8. The summed E-state index contributed by atoms with van der Waals surface area (Å²) in [6, 6.07) is 5.53. The fraction of sp³-hybridized carbons (Fsp3) is 0.667. The van der Waals surface area contributed by atoms with Crippen LogP contribution in [0.25, 0.3) is 0 Å².